The molecular formula is C20H18ClN3O2. The number of nitrogens with one attached hydrogen (secondary N) is 1. The average Bonchev–Trinajstić information content (AvgIpc) is 2.68. The summed E-state index contributed by atoms with van der Waals surface area (Å²) < 4.78 is 0. The van der Waals surface area contributed by atoms with Crippen LogP contribution in [0.25, 0.3) is 0 Å². The molecule has 0 bridgehead atoms. The molecule has 132 valence electrons. The van der Waals surface area contributed by atoms with Crippen LogP contribution in [0.2, 0.25) is 5.02 Å². The van der Waals surface area contributed by atoms with Gasteiger partial charge < -0.3 is 10.2 Å². The maximum Gasteiger partial charge on any atom is 0.253 e. The van der Waals surface area contributed by atoms with E-state index in [1.165, 1.54) is 0 Å². The Hall–Kier alpha value is -2.84. The van der Waals surface area contributed by atoms with Crippen molar-refractivity contribution < 1.29 is 9.59 Å². The molecule has 6 heteroatoms. The van der Waals surface area contributed by atoms with Crippen LogP contribution >= 0.6 is 11.6 Å². The van der Waals surface area contributed by atoms with Gasteiger partial charge in [0.05, 0.1) is 11.3 Å². The number of carbonyl (C=O) groups excluding carboxylic acids is 2. The quantitative estimate of drug-likeness (QED) is 0.898. The molecule has 5 nitrogen and oxygen atoms in total. The Kier molecular flexibility index (Phi) is 5.55. The highest BCUT2D eigenvalue weighted by Crippen LogP contribution is 2.23. The number of piperidine rings is 1. The van der Waals surface area contributed by atoms with Gasteiger partial charge in [-0.05, 0) is 43.2 Å². The van der Waals surface area contributed by atoms with Crippen LogP contribution in [-0.4, -0.2) is 29.8 Å². The molecule has 1 N–H and O–H groups in total. The largest absolute Gasteiger partial charge is 0.339 e. The van der Waals surface area contributed by atoms with Gasteiger partial charge in [-0.25, -0.2) is 0 Å². The molecule has 26 heavy (non-hydrogen) atoms. The molecule has 2 amide bonds. The smallest absolute Gasteiger partial charge is 0.253 e. The van der Waals surface area contributed by atoms with Crippen molar-refractivity contribution in [3.63, 3.8) is 0 Å². The van der Waals surface area contributed by atoms with Gasteiger partial charge in [-0.1, -0.05) is 29.8 Å². The molecule has 0 saturated carbocycles. The minimum atomic E-state index is -0.176. The first-order chi connectivity index (χ1) is 12.6. The van der Waals surface area contributed by atoms with E-state index in [1.807, 2.05) is 0 Å². The molecular weight excluding hydrogens is 350 g/mol. The minimum absolute atomic E-state index is 0.0683. The Morgan fingerprint density at radius 3 is 2.54 bits per heavy atom. The predicted octanol–water partition coefficient (Wildman–Crippen LogP) is 3.70. The van der Waals surface area contributed by atoms with E-state index in [-0.39, 0.29) is 17.7 Å². The van der Waals surface area contributed by atoms with Gasteiger partial charge in [0, 0.05) is 29.6 Å². The van der Waals surface area contributed by atoms with E-state index >= 15 is 0 Å². The van der Waals surface area contributed by atoms with Gasteiger partial charge in [-0.2, -0.15) is 5.26 Å². The molecule has 2 aromatic carbocycles. The van der Waals surface area contributed by atoms with Crippen molar-refractivity contribution in [2.24, 2.45) is 5.92 Å². The Morgan fingerprint density at radius 1 is 1.12 bits per heavy atom. The van der Waals surface area contributed by atoms with Crippen molar-refractivity contribution in [3.05, 3.63) is 64.7 Å². The number of hydrogen-bond acceptors (Lipinski definition) is 3. The number of benzene rings is 2. The van der Waals surface area contributed by atoms with Crippen LogP contribution in [0.5, 0.6) is 0 Å². The molecule has 1 aliphatic heterocycles. The average molecular weight is 368 g/mol. The zero-order chi connectivity index (χ0) is 18.5. The van der Waals surface area contributed by atoms with Crippen molar-refractivity contribution in [2.75, 3.05) is 18.4 Å². The third-order valence-electron chi connectivity index (χ3n) is 4.53. The first-order valence-corrected chi connectivity index (χ1v) is 8.81. The molecule has 0 aromatic heterocycles. The number of rotatable bonds is 3. The van der Waals surface area contributed by atoms with E-state index in [0.29, 0.717) is 47.8 Å². The molecule has 1 aliphatic rings. The van der Waals surface area contributed by atoms with Crippen LogP contribution in [0, 0.1) is 17.2 Å². The lowest BCUT2D eigenvalue weighted by Crippen LogP contribution is -2.41. The van der Waals surface area contributed by atoms with E-state index in [1.54, 1.807) is 53.4 Å². The number of para-hydroxylation sites is 1. The number of nitrogens with zero attached hydrogens (tertiary/aromatic N) is 2. The lowest BCUT2D eigenvalue weighted by Gasteiger charge is -2.31. The topological polar surface area (TPSA) is 73.2 Å². The van der Waals surface area contributed by atoms with E-state index < -0.39 is 0 Å². The van der Waals surface area contributed by atoms with E-state index in [2.05, 4.69) is 11.4 Å². The maximum absolute atomic E-state index is 12.5. The molecule has 0 spiro atoms. The number of hydrogen-bond donors (Lipinski definition) is 1. The second-order valence-electron chi connectivity index (χ2n) is 6.22. The van der Waals surface area contributed by atoms with Crippen LogP contribution in [0.15, 0.2) is 48.5 Å². The van der Waals surface area contributed by atoms with Gasteiger partial charge in [0.25, 0.3) is 5.91 Å². The highest BCUT2D eigenvalue weighted by Gasteiger charge is 2.28. The zero-order valence-corrected chi connectivity index (χ0v) is 14.9. The second kappa shape index (κ2) is 8.03. The standard InChI is InChI=1S/C20H18ClN3O2/c21-17-6-3-5-15(12-17)20(26)24-10-8-14(9-11-24)19(25)23-18-7-2-1-4-16(18)13-22/h1-7,12,14H,8-11H2,(H,23,25). The second-order valence-corrected chi connectivity index (χ2v) is 6.66. The molecule has 0 aliphatic carbocycles. The molecule has 2 aromatic rings. The fourth-order valence-corrected chi connectivity index (χ4v) is 3.26. The van der Waals surface area contributed by atoms with Gasteiger partial charge in [0.2, 0.25) is 5.91 Å². The fourth-order valence-electron chi connectivity index (χ4n) is 3.07. The summed E-state index contributed by atoms with van der Waals surface area (Å²) in [4.78, 5) is 26.8. The molecule has 0 unspecified atom stereocenters. The first-order valence-electron chi connectivity index (χ1n) is 8.43. The molecule has 0 radical (unpaired) electrons. The lowest BCUT2D eigenvalue weighted by molar-refractivity contribution is -0.121. The van der Waals surface area contributed by atoms with Crippen molar-refractivity contribution >= 4 is 29.1 Å². The Labute approximate surface area is 157 Å². The Bertz CT molecular complexity index is 867. The molecule has 3 rings (SSSR count). The van der Waals surface area contributed by atoms with E-state index in [9.17, 15) is 9.59 Å². The van der Waals surface area contributed by atoms with E-state index in [4.69, 9.17) is 16.9 Å². The van der Waals surface area contributed by atoms with Gasteiger partial charge >= 0.3 is 0 Å². The van der Waals surface area contributed by atoms with Crippen molar-refractivity contribution in [1.29, 1.82) is 5.26 Å². The number of nitriles is 1. The van der Waals surface area contributed by atoms with Crippen LogP contribution in [0.1, 0.15) is 28.8 Å². The van der Waals surface area contributed by atoms with Crippen molar-refractivity contribution in [1.82, 2.24) is 4.90 Å². The summed E-state index contributed by atoms with van der Waals surface area (Å²) in [6.07, 6.45) is 1.18. The minimum Gasteiger partial charge on any atom is -0.339 e. The van der Waals surface area contributed by atoms with Gasteiger partial charge in [0.1, 0.15) is 6.07 Å². The van der Waals surface area contributed by atoms with Crippen molar-refractivity contribution in [3.8, 4) is 6.07 Å². The van der Waals surface area contributed by atoms with E-state index in [0.717, 1.165) is 0 Å². The maximum atomic E-state index is 12.5. The monoisotopic (exact) mass is 367 g/mol. The van der Waals surface area contributed by atoms with Crippen LogP contribution in [-0.2, 0) is 4.79 Å². The van der Waals surface area contributed by atoms with Crippen LogP contribution in [0.3, 0.4) is 0 Å². The highest BCUT2D eigenvalue weighted by atomic mass is 35.5. The summed E-state index contributed by atoms with van der Waals surface area (Å²) in [6.45, 7) is 1.03. The third kappa shape index (κ3) is 4.04. The fraction of sp³-hybridized carbons (Fsp3) is 0.250. The zero-order valence-electron chi connectivity index (χ0n) is 14.1. The number of carbonyl (C=O) groups is 2. The Balaban J connectivity index is 1.59. The van der Waals surface area contributed by atoms with Crippen LogP contribution in [0.4, 0.5) is 5.69 Å². The Morgan fingerprint density at radius 2 is 1.85 bits per heavy atom. The SMILES string of the molecule is N#Cc1ccccc1NC(=O)C1CCN(C(=O)c2cccc(Cl)c2)CC1. The molecule has 1 fully saturated rings. The summed E-state index contributed by atoms with van der Waals surface area (Å²) in [7, 11) is 0. The summed E-state index contributed by atoms with van der Waals surface area (Å²) in [6, 6.07) is 15.9. The lowest BCUT2D eigenvalue weighted by atomic mass is 9.95. The summed E-state index contributed by atoms with van der Waals surface area (Å²) in [5.74, 6) is -0.353. The molecule has 1 saturated heterocycles. The third-order valence-corrected chi connectivity index (χ3v) is 4.77. The molecule has 0 atom stereocenters. The summed E-state index contributed by atoms with van der Waals surface area (Å²) in [5.41, 5.74) is 1.52. The normalized spacial score (nSPS) is 14.5. The number of amides is 2. The van der Waals surface area contributed by atoms with Crippen LogP contribution < -0.4 is 5.32 Å². The highest BCUT2D eigenvalue weighted by molar-refractivity contribution is 6.30. The number of halogens is 1. The van der Waals surface area contributed by atoms with Crippen molar-refractivity contribution in [2.45, 2.75) is 12.8 Å². The summed E-state index contributed by atoms with van der Waals surface area (Å²) in [5, 5.41) is 12.5. The summed E-state index contributed by atoms with van der Waals surface area (Å²) >= 11 is 5.95. The number of likely N-dealkylation sites (tertiary alicyclic amines) is 1. The number of anilines is 1. The van der Waals surface area contributed by atoms with Gasteiger partial charge in [-0.15, -0.1) is 0 Å². The van der Waals surface area contributed by atoms with Gasteiger partial charge in [0.15, 0.2) is 0 Å². The first kappa shape index (κ1) is 18.0. The molecule has 1 heterocycles. The predicted molar refractivity (Wildman–Crippen MR) is 99.9 cm³/mol. The van der Waals surface area contributed by atoms with Gasteiger partial charge in [-0.3, -0.25) is 9.59 Å².